The smallest absolute Gasteiger partial charge is 0.159 e. The number of rotatable bonds is 3. The molecule has 0 saturated carbocycles. The van der Waals surface area contributed by atoms with Crippen LogP contribution in [0.2, 0.25) is 5.02 Å². The molecule has 0 aliphatic rings. The molecule has 2 aromatic heterocycles. The van der Waals surface area contributed by atoms with Crippen LogP contribution in [0.4, 0.5) is 5.82 Å². The maximum absolute atomic E-state index is 5.82. The number of nitrogens with one attached hydrogen (secondary N) is 1. The van der Waals surface area contributed by atoms with E-state index in [1.54, 1.807) is 23.1 Å². The average molecular weight is 253 g/mol. The predicted octanol–water partition coefficient (Wildman–Crippen LogP) is 1.72. The Morgan fingerprint density at radius 2 is 2.18 bits per heavy atom. The largest absolute Gasteiger partial charge is 0.308 e. The fourth-order valence-electron chi connectivity index (χ4n) is 1.33. The first-order valence-electron chi connectivity index (χ1n) is 5.16. The van der Waals surface area contributed by atoms with Gasteiger partial charge in [-0.2, -0.15) is 5.10 Å². The lowest BCUT2D eigenvalue weighted by Crippen LogP contribution is -2.13. The molecule has 0 unspecified atom stereocenters. The summed E-state index contributed by atoms with van der Waals surface area (Å²) in [7, 11) is 0. The SMILES string of the molecule is CC(C)c1nc(NN)cc(-n2cc(Cl)cn2)n1. The summed E-state index contributed by atoms with van der Waals surface area (Å²) in [6.07, 6.45) is 3.22. The second kappa shape index (κ2) is 4.68. The van der Waals surface area contributed by atoms with E-state index >= 15 is 0 Å². The van der Waals surface area contributed by atoms with Crippen LogP contribution in [0.5, 0.6) is 0 Å². The van der Waals surface area contributed by atoms with Crippen LogP contribution in [-0.2, 0) is 0 Å². The Bertz CT molecular complexity index is 521. The molecule has 0 bridgehead atoms. The van der Waals surface area contributed by atoms with Crippen LogP contribution in [0.3, 0.4) is 0 Å². The standard InChI is InChI=1S/C10H13ClN6/c1-6(2)10-14-8(16-12)3-9(15-10)17-5-7(11)4-13-17/h3-6H,12H2,1-2H3,(H,14,15,16). The molecule has 7 heteroatoms. The highest BCUT2D eigenvalue weighted by Crippen LogP contribution is 2.16. The topological polar surface area (TPSA) is 81.6 Å². The van der Waals surface area contributed by atoms with Gasteiger partial charge in [0.2, 0.25) is 0 Å². The van der Waals surface area contributed by atoms with Crippen LogP contribution in [0, 0.1) is 0 Å². The second-order valence-electron chi connectivity index (χ2n) is 3.87. The van der Waals surface area contributed by atoms with E-state index in [1.807, 2.05) is 13.8 Å². The summed E-state index contributed by atoms with van der Waals surface area (Å²) in [6.45, 7) is 4.02. The average Bonchev–Trinajstić information content (AvgIpc) is 2.75. The molecule has 0 aliphatic heterocycles. The molecule has 0 aliphatic carbocycles. The number of aromatic nitrogens is 4. The number of nitrogen functional groups attached to an aromatic ring is 1. The van der Waals surface area contributed by atoms with Crippen molar-refractivity contribution in [1.29, 1.82) is 0 Å². The summed E-state index contributed by atoms with van der Waals surface area (Å²) in [6, 6.07) is 1.70. The number of nitrogens with two attached hydrogens (primary N) is 1. The van der Waals surface area contributed by atoms with Crippen molar-refractivity contribution in [3.63, 3.8) is 0 Å². The molecule has 3 N–H and O–H groups in total. The molecule has 0 saturated heterocycles. The molecule has 6 nitrogen and oxygen atoms in total. The first-order chi connectivity index (χ1) is 8.10. The van der Waals surface area contributed by atoms with Gasteiger partial charge in [-0.25, -0.2) is 20.5 Å². The lowest BCUT2D eigenvalue weighted by atomic mass is 10.2. The van der Waals surface area contributed by atoms with Gasteiger partial charge < -0.3 is 5.43 Å². The summed E-state index contributed by atoms with van der Waals surface area (Å²) in [5.41, 5.74) is 2.51. The van der Waals surface area contributed by atoms with Crippen molar-refractivity contribution < 1.29 is 0 Å². The van der Waals surface area contributed by atoms with E-state index in [-0.39, 0.29) is 5.92 Å². The van der Waals surface area contributed by atoms with Crippen molar-refractivity contribution in [2.75, 3.05) is 5.43 Å². The number of hydrazine groups is 1. The molecule has 0 spiro atoms. The van der Waals surface area contributed by atoms with E-state index < -0.39 is 0 Å². The minimum absolute atomic E-state index is 0.202. The minimum Gasteiger partial charge on any atom is -0.308 e. The zero-order valence-electron chi connectivity index (χ0n) is 9.55. The third-order valence-electron chi connectivity index (χ3n) is 2.18. The number of anilines is 1. The first-order valence-corrected chi connectivity index (χ1v) is 5.54. The zero-order valence-corrected chi connectivity index (χ0v) is 10.3. The Morgan fingerprint density at radius 1 is 1.41 bits per heavy atom. The number of hydrogen-bond acceptors (Lipinski definition) is 5. The van der Waals surface area contributed by atoms with Gasteiger partial charge in [0, 0.05) is 12.0 Å². The van der Waals surface area contributed by atoms with Crippen molar-refractivity contribution in [1.82, 2.24) is 19.7 Å². The minimum atomic E-state index is 0.202. The van der Waals surface area contributed by atoms with Gasteiger partial charge in [0.15, 0.2) is 5.82 Å². The van der Waals surface area contributed by atoms with Crippen molar-refractivity contribution >= 4 is 17.4 Å². The van der Waals surface area contributed by atoms with Crippen molar-refractivity contribution in [3.05, 3.63) is 29.3 Å². The maximum atomic E-state index is 5.82. The van der Waals surface area contributed by atoms with Gasteiger partial charge in [-0.1, -0.05) is 25.4 Å². The molecule has 0 aromatic carbocycles. The Hall–Kier alpha value is -1.66. The van der Waals surface area contributed by atoms with E-state index in [0.717, 1.165) is 0 Å². The second-order valence-corrected chi connectivity index (χ2v) is 4.31. The van der Waals surface area contributed by atoms with E-state index in [0.29, 0.717) is 22.5 Å². The van der Waals surface area contributed by atoms with Gasteiger partial charge in [-0.05, 0) is 0 Å². The summed E-state index contributed by atoms with van der Waals surface area (Å²) < 4.78 is 1.58. The van der Waals surface area contributed by atoms with Gasteiger partial charge in [0.1, 0.15) is 11.6 Å². The molecule has 2 aromatic rings. The third-order valence-corrected chi connectivity index (χ3v) is 2.38. The van der Waals surface area contributed by atoms with Gasteiger partial charge in [0.25, 0.3) is 0 Å². The molecule has 17 heavy (non-hydrogen) atoms. The molecule has 2 rings (SSSR count). The van der Waals surface area contributed by atoms with Crippen LogP contribution in [-0.4, -0.2) is 19.7 Å². The molecule has 0 fully saturated rings. The maximum Gasteiger partial charge on any atom is 0.159 e. The van der Waals surface area contributed by atoms with Crippen LogP contribution in [0.25, 0.3) is 5.82 Å². The number of hydrogen-bond donors (Lipinski definition) is 2. The van der Waals surface area contributed by atoms with Gasteiger partial charge in [-0.15, -0.1) is 0 Å². The number of halogens is 1. The van der Waals surface area contributed by atoms with Crippen LogP contribution >= 0.6 is 11.6 Å². The van der Waals surface area contributed by atoms with Crippen molar-refractivity contribution in [2.45, 2.75) is 19.8 Å². The lowest BCUT2D eigenvalue weighted by Gasteiger charge is -2.09. The lowest BCUT2D eigenvalue weighted by molar-refractivity contribution is 0.746. The normalized spacial score (nSPS) is 10.9. The quantitative estimate of drug-likeness (QED) is 0.642. The molecule has 90 valence electrons. The predicted molar refractivity (Wildman–Crippen MR) is 66.1 cm³/mol. The highest BCUT2D eigenvalue weighted by atomic mass is 35.5. The fourth-order valence-corrected chi connectivity index (χ4v) is 1.46. The highest BCUT2D eigenvalue weighted by Gasteiger charge is 2.09. The summed E-state index contributed by atoms with van der Waals surface area (Å²) in [5, 5.41) is 4.64. The van der Waals surface area contributed by atoms with Gasteiger partial charge in [-0.3, -0.25) is 0 Å². The molecule has 0 atom stereocenters. The Kier molecular flexibility index (Phi) is 3.26. The Balaban J connectivity index is 2.49. The van der Waals surface area contributed by atoms with Crippen molar-refractivity contribution in [3.8, 4) is 5.82 Å². The van der Waals surface area contributed by atoms with Crippen LogP contribution in [0.15, 0.2) is 18.5 Å². The molecule has 2 heterocycles. The summed E-state index contributed by atoms with van der Waals surface area (Å²) >= 11 is 5.82. The summed E-state index contributed by atoms with van der Waals surface area (Å²) in [4.78, 5) is 8.66. The van der Waals surface area contributed by atoms with E-state index in [4.69, 9.17) is 17.4 Å². The first kappa shape index (κ1) is 11.8. The third kappa shape index (κ3) is 2.54. The van der Waals surface area contributed by atoms with Crippen molar-refractivity contribution in [2.24, 2.45) is 5.84 Å². The molecule has 0 amide bonds. The Labute approximate surface area is 104 Å². The van der Waals surface area contributed by atoms with E-state index in [9.17, 15) is 0 Å². The van der Waals surface area contributed by atoms with E-state index in [2.05, 4.69) is 20.5 Å². The van der Waals surface area contributed by atoms with E-state index in [1.165, 1.54) is 0 Å². The van der Waals surface area contributed by atoms with Gasteiger partial charge in [0.05, 0.1) is 17.4 Å². The highest BCUT2D eigenvalue weighted by molar-refractivity contribution is 6.30. The van der Waals surface area contributed by atoms with Crippen LogP contribution in [0.1, 0.15) is 25.6 Å². The van der Waals surface area contributed by atoms with Gasteiger partial charge >= 0.3 is 0 Å². The Morgan fingerprint density at radius 3 is 2.71 bits per heavy atom. The van der Waals surface area contributed by atoms with Crippen LogP contribution < -0.4 is 11.3 Å². The molecular weight excluding hydrogens is 240 g/mol. The molecular formula is C10H13ClN6. The fraction of sp³-hybridized carbons (Fsp3) is 0.300. The monoisotopic (exact) mass is 252 g/mol. The molecule has 0 radical (unpaired) electrons. The summed E-state index contributed by atoms with van der Waals surface area (Å²) in [5.74, 6) is 7.45. The zero-order chi connectivity index (χ0) is 12.4. The number of nitrogens with zero attached hydrogens (tertiary/aromatic N) is 4.